The van der Waals surface area contributed by atoms with Gasteiger partial charge in [0.15, 0.2) is 0 Å². The van der Waals surface area contributed by atoms with E-state index in [2.05, 4.69) is 0 Å². The van der Waals surface area contributed by atoms with E-state index >= 15 is 0 Å². The van der Waals surface area contributed by atoms with Gasteiger partial charge in [0.25, 0.3) is 0 Å². The average Bonchev–Trinajstić information content (AvgIpc) is 2.56. The van der Waals surface area contributed by atoms with Crippen molar-refractivity contribution in [2.75, 3.05) is 46.2 Å². The Morgan fingerprint density at radius 2 is 0.960 bits per heavy atom. The zero-order chi connectivity index (χ0) is 19.0. The Kier molecular flexibility index (Phi) is 14.9. The van der Waals surface area contributed by atoms with Crippen LogP contribution < -0.4 is 0 Å². The molecule has 0 aliphatic carbocycles. The summed E-state index contributed by atoms with van der Waals surface area (Å²) in [6.45, 7) is 15.0. The first-order valence-corrected chi connectivity index (χ1v) is 12.7. The second-order valence-electron chi connectivity index (χ2n) is 4.74. The molecule has 0 rings (SSSR count). The van der Waals surface area contributed by atoms with Gasteiger partial charge in [-0.3, -0.25) is 0 Å². The third-order valence-electron chi connectivity index (χ3n) is 2.89. The summed E-state index contributed by atoms with van der Waals surface area (Å²) in [7, 11) is -5.81. The van der Waals surface area contributed by atoms with Gasteiger partial charge in [0.05, 0.1) is 0 Å². The van der Waals surface area contributed by atoms with Crippen molar-refractivity contribution in [3.63, 3.8) is 0 Å². The van der Waals surface area contributed by atoms with E-state index < -0.39 is 17.9 Å². The molecule has 25 heavy (non-hydrogen) atoms. The zero-order valence-corrected chi connectivity index (χ0v) is 18.7. The molecule has 9 heteroatoms. The third kappa shape index (κ3) is 9.97. The van der Waals surface area contributed by atoms with Gasteiger partial charge in [-0.15, -0.1) is 0 Å². The Morgan fingerprint density at radius 3 is 1.32 bits per heavy atom. The molecule has 7 nitrogen and oxygen atoms in total. The van der Waals surface area contributed by atoms with Crippen LogP contribution >= 0.6 is 0 Å². The lowest BCUT2D eigenvalue weighted by atomic mass is 10.5. The molecule has 0 aliphatic heterocycles. The van der Waals surface area contributed by atoms with E-state index in [1.807, 2.05) is 53.3 Å². The van der Waals surface area contributed by atoms with Crippen LogP contribution in [0, 0.1) is 0 Å². The van der Waals surface area contributed by atoms with Gasteiger partial charge in [0, 0.05) is 46.2 Å². The van der Waals surface area contributed by atoms with E-state index in [0.29, 0.717) is 52.7 Å². The molecule has 150 valence electrons. The second-order valence-corrected chi connectivity index (χ2v) is 9.30. The molecule has 0 bridgehead atoms. The van der Waals surface area contributed by atoms with E-state index in [0.717, 1.165) is 0 Å². The van der Waals surface area contributed by atoms with Gasteiger partial charge in [0.1, 0.15) is 0 Å². The van der Waals surface area contributed by atoms with E-state index in [-0.39, 0.29) is 0 Å². The molecular formula is C16H36O7Si2. The Morgan fingerprint density at radius 1 is 0.560 bits per heavy atom. The fraction of sp³-hybridized carbons (Fsp3) is 0.875. The average molecular weight is 397 g/mol. The quantitative estimate of drug-likeness (QED) is 0.276. The fourth-order valence-corrected chi connectivity index (χ4v) is 6.26. The Hall–Kier alpha value is -0.106. The van der Waals surface area contributed by atoms with Crippen molar-refractivity contribution < 1.29 is 31.0 Å². The van der Waals surface area contributed by atoms with Crippen molar-refractivity contribution in [2.24, 2.45) is 0 Å². The molecule has 0 atom stereocenters. The molecule has 0 N–H and O–H groups in total. The van der Waals surface area contributed by atoms with Gasteiger partial charge in [-0.25, -0.2) is 0 Å². The molecule has 0 aromatic carbocycles. The highest BCUT2D eigenvalue weighted by Gasteiger charge is 2.44. The topological polar surface area (TPSA) is 64.6 Å². The molecule has 0 aromatic rings. The van der Waals surface area contributed by atoms with Gasteiger partial charge < -0.3 is 31.0 Å². The van der Waals surface area contributed by atoms with E-state index in [9.17, 15) is 0 Å². The van der Waals surface area contributed by atoms with Gasteiger partial charge in [-0.1, -0.05) is 6.08 Å². The lowest BCUT2D eigenvalue weighted by molar-refractivity contribution is -0.0265. The molecule has 0 radical (unpaired) electrons. The summed E-state index contributed by atoms with van der Waals surface area (Å²) in [6.07, 6.45) is 2.63. The van der Waals surface area contributed by atoms with Crippen LogP contribution in [-0.4, -0.2) is 64.1 Å². The van der Waals surface area contributed by atoms with Gasteiger partial charge in [-0.2, -0.15) is 0 Å². The summed E-state index contributed by atoms with van der Waals surface area (Å²) >= 11 is 0. The first-order chi connectivity index (χ1) is 12.1. The van der Waals surface area contributed by atoms with Crippen molar-refractivity contribution in [1.82, 2.24) is 0 Å². The Labute approximate surface area is 155 Å². The largest absolute Gasteiger partial charge is 0.679 e. The minimum atomic E-state index is -3.05. The van der Waals surface area contributed by atoms with Gasteiger partial charge in [0.2, 0.25) is 0 Å². The third-order valence-corrected chi connectivity index (χ3v) is 8.09. The molecule has 0 unspecified atom stereocenters. The lowest BCUT2D eigenvalue weighted by Crippen LogP contribution is -2.49. The summed E-state index contributed by atoms with van der Waals surface area (Å²) in [5.41, 5.74) is 1.91. The van der Waals surface area contributed by atoms with Crippen LogP contribution in [0.5, 0.6) is 0 Å². The van der Waals surface area contributed by atoms with Crippen LogP contribution in [0.4, 0.5) is 0 Å². The lowest BCUT2D eigenvalue weighted by Gasteiger charge is -2.27. The first kappa shape index (κ1) is 24.9. The number of hydrogen-bond donors (Lipinski definition) is 0. The standard InChI is InChI=1S/C16H36O7Si2/c1-7-17-24(18-8-2,19-9-3)16-14-13-15-23-25(20-10-4,21-11-5)22-12-6/h14,16H,7-13,15H2,1-6H3/b16-14+. The molecule has 0 heterocycles. The van der Waals surface area contributed by atoms with Crippen LogP contribution in [0.1, 0.15) is 48.0 Å². The van der Waals surface area contributed by atoms with Crippen LogP contribution in [-0.2, 0) is 31.0 Å². The fourth-order valence-electron chi connectivity index (χ4n) is 2.13. The molecule has 0 saturated heterocycles. The molecule has 0 aromatic heterocycles. The van der Waals surface area contributed by atoms with Crippen LogP contribution in [0.15, 0.2) is 11.8 Å². The minimum Gasteiger partial charge on any atom is -0.371 e. The highest BCUT2D eigenvalue weighted by molar-refractivity contribution is 6.66. The first-order valence-electron chi connectivity index (χ1n) is 9.22. The van der Waals surface area contributed by atoms with E-state index in [1.165, 1.54) is 0 Å². The molecular weight excluding hydrogens is 360 g/mol. The highest BCUT2D eigenvalue weighted by Crippen LogP contribution is 2.14. The molecule has 0 saturated carbocycles. The van der Waals surface area contributed by atoms with E-state index in [4.69, 9.17) is 31.0 Å². The maximum absolute atomic E-state index is 5.86. The number of rotatable bonds is 17. The summed E-state index contributed by atoms with van der Waals surface area (Å²) in [4.78, 5) is 0. The Bertz CT molecular complexity index is 308. The summed E-state index contributed by atoms with van der Waals surface area (Å²) in [5, 5.41) is 0. The molecule has 0 aliphatic rings. The maximum atomic E-state index is 5.86. The monoisotopic (exact) mass is 396 g/mol. The summed E-state index contributed by atoms with van der Waals surface area (Å²) in [6, 6.07) is 0. The zero-order valence-electron chi connectivity index (χ0n) is 16.7. The van der Waals surface area contributed by atoms with Crippen LogP contribution in [0.2, 0.25) is 0 Å². The predicted octanol–water partition coefficient (Wildman–Crippen LogP) is 3.08. The minimum absolute atomic E-state index is 0.428. The van der Waals surface area contributed by atoms with Crippen molar-refractivity contribution in [3.8, 4) is 0 Å². The molecule has 0 amide bonds. The SMILES string of the molecule is CCO[Si](/C=C/CCO[Si](OCC)(OCC)OCC)(OCC)OCC. The van der Waals surface area contributed by atoms with Crippen LogP contribution in [0.3, 0.4) is 0 Å². The molecule has 0 fully saturated rings. The normalized spacial score (nSPS) is 13.0. The predicted molar refractivity (Wildman–Crippen MR) is 101 cm³/mol. The van der Waals surface area contributed by atoms with Crippen LogP contribution in [0.25, 0.3) is 0 Å². The van der Waals surface area contributed by atoms with Crippen molar-refractivity contribution >= 4 is 17.9 Å². The maximum Gasteiger partial charge on any atom is 0.679 e. The highest BCUT2D eigenvalue weighted by atomic mass is 28.4. The van der Waals surface area contributed by atoms with Crippen molar-refractivity contribution in [1.29, 1.82) is 0 Å². The van der Waals surface area contributed by atoms with Gasteiger partial charge in [-0.05, 0) is 53.7 Å². The molecule has 0 spiro atoms. The summed E-state index contributed by atoms with van der Waals surface area (Å²) < 4.78 is 40.2. The van der Waals surface area contributed by atoms with E-state index in [1.54, 1.807) is 0 Å². The van der Waals surface area contributed by atoms with Crippen molar-refractivity contribution in [2.45, 2.75) is 48.0 Å². The summed E-state index contributed by atoms with van der Waals surface area (Å²) in [5.74, 6) is 0. The number of hydrogen-bond acceptors (Lipinski definition) is 7. The smallest absolute Gasteiger partial charge is 0.371 e. The van der Waals surface area contributed by atoms with Crippen molar-refractivity contribution in [3.05, 3.63) is 11.8 Å². The van der Waals surface area contributed by atoms with Gasteiger partial charge >= 0.3 is 17.9 Å². The Balaban J connectivity index is 4.72. The second kappa shape index (κ2) is 15.0.